The average molecular weight is 432 g/mol. The number of hydrogen-bond donors (Lipinski definition) is 0. The van der Waals surface area contributed by atoms with E-state index < -0.39 is 0 Å². The summed E-state index contributed by atoms with van der Waals surface area (Å²) in [5, 5.41) is 0. The van der Waals surface area contributed by atoms with E-state index in [9.17, 15) is 4.79 Å². The van der Waals surface area contributed by atoms with Crippen LogP contribution in [0.5, 0.6) is 0 Å². The predicted octanol–water partition coefficient (Wildman–Crippen LogP) is 6.30. The van der Waals surface area contributed by atoms with Crippen molar-refractivity contribution in [2.45, 2.75) is 85.2 Å². The first kappa shape index (κ1) is 23.1. The van der Waals surface area contributed by atoms with E-state index in [0.717, 1.165) is 23.7 Å². The maximum Gasteiger partial charge on any atom is 0.409 e. The Morgan fingerprint density at radius 1 is 1.19 bits per heavy atom. The van der Waals surface area contributed by atoms with E-state index >= 15 is 0 Å². The van der Waals surface area contributed by atoms with Gasteiger partial charge in [-0.25, -0.2) is 4.79 Å². The molecule has 4 aliphatic rings. The maximum absolute atomic E-state index is 12.6. The second-order valence-corrected chi connectivity index (χ2v) is 11.8. The van der Waals surface area contributed by atoms with Gasteiger partial charge in [0, 0.05) is 26.6 Å². The standard InChI is InChI=1S/C27H45NO3/c1-18-11-13-26(3)20(17-18)7-8-21-23-10-9-22(27(23,4)14-12-24(21)26)19(2)31-25(29)28(5)15-16-30-6/h7,18-19,21-24H,8-17H2,1-6H3/t18-,19-,21-,22+,23-,24-,26-,27+/m0/s1. The SMILES string of the molecule is COCCN(C)C(=O)O[C@@H](C)[C@H]1CC[C@H]2[C@@H]3CC=C4C[C@@H](C)CC[C@]4(C)[C@H]3CC[C@]12C. The summed E-state index contributed by atoms with van der Waals surface area (Å²) in [5.74, 6) is 3.78. The summed E-state index contributed by atoms with van der Waals surface area (Å²) in [4.78, 5) is 14.2. The van der Waals surface area contributed by atoms with Gasteiger partial charge in [-0.15, -0.1) is 0 Å². The molecule has 0 aromatic rings. The van der Waals surface area contributed by atoms with Gasteiger partial charge in [0.2, 0.25) is 0 Å². The Balaban J connectivity index is 1.46. The third-order valence-corrected chi connectivity index (χ3v) is 10.2. The summed E-state index contributed by atoms with van der Waals surface area (Å²) >= 11 is 0. The molecule has 0 aromatic heterocycles. The van der Waals surface area contributed by atoms with E-state index in [1.165, 1.54) is 51.4 Å². The lowest BCUT2D eigenvalue weighted by Crippen LogP contribution is -2.51. The fourth-order valence-corrected chi connectivity index (χ4v) is 8.31. The molecule has 8 atom stereocenters. The van der Waals surface area contributed by atoms with Crippen molar-refractivity contribution in [2.24, 2.45) is 40.4 Å². The van der Waals surface area contributed by atoms with E-state index in [-0.39, 0.29) is 12.2 Å². The molecule has 0 aliphatic heterocycles. The number of carbonyl (C=O) groups is 1. The lowest BCUT2D eigenvalue weighted by Gasteiger charge is -2.58. The molecule has 4 aliphatic carbocycles. The summed E-state index contributed by atoms with van der Waals surface area (Å²) in [6.07, 6.45) is 13.0. The van der Waals surface area contributed by atoms with E-state index in [1.807, 2.05) is 0 Å². The van der Waals surface area contributed by atoms with Crippen molar-refractivity contribution in [3.63, 3.8) is 0 Å². The quantitative estimate of drug-likeness (QED) is 0.479. The monoisotopic (exact) mass is 431 g/mol. The molecule has 0 radical (unpaired) electrons. The van der Waals surface area contributed by atoms with E-state index in [2.05, 4.69) is 33.8 Å². The van der Waals surface area contributed by atoms with Crippen molar-refractivity contribution in [1.82, 2.24) is 4.90 Å². The van der Waals surface area contributed by atoms with Crippen molar-refractivity contribution in [3.05, 3.63) is 11.6 Å². The number of methoxy groups -OCH3 is 1. The Kier molecular flexibility index (Phi) is 6.51. The number of nitrogens with zero attached hydrogens (tertiary/aromatic N) is 1. The fraction of sp³-hybridized carbons (Fsp3) is 0.889. The zero-order valence-corrected chi connectivity index (χ0v) is 20.8. The highest BCUT2D eigenvalue weighted by molar-refractivity contribution is 5.67. The molecule has 0 heterocycles. The van der Waals surface area contributed by atoms with Gasteiger partial charge < -0.3 is 14.4 Å². The number of allylic oxidation sites excluding steroid dienone is 2. The van der Waals surface area contributed by atoms with Crippen LogP contribution in [-0.4, -0.2) is 44.4 Å². The summed E-state index contributed by atoms with van der Waals surface area (Å²) < 4.78 is 11.1. The second kappa shape index (κ2) is 8.72. The molecule has 0 unspecified atom stereocenters. The molecule has 4 heteroatoms. The zero-order chi connectivity index (χ0) is 22.4. The van der Waals surface area contributed by atoms with Crippen LogP contribution >= 0.6 is 0 Å². The van der Waals surface area contributed by atoms with Gasteiger partial charge in [0.15, 0.2) is 0 Å². The normalized spacial score (nSPS) is 42.6. The molecule has 176 valence electrons. The molecule has 0 saturated heterocycles. The van der Waals surface area contributed by atoms with Gasteiger partial charge in [-0.05, 0) is 92.8 Å². The summed E-state index contributed by atoms with van der Waals surface area (Å²) in [6, 6.07) is 0. The van der Waals surface area contributed by atoms with Crippen LogP contribution in [0.4, 0.5) is 4.79 Å². The predicted molar refractivity (Wildman–Crippen MR) is 125 cm³/mol. The maximum atomic E-state index is 12.6. The van der Waals surface area contributed by atoms with E-state index in [4.69, 9.17) is 9.47 Å². The zero-order valence-electron chi connectivity index (χ0n) is 20.8. The summed E-state index contributed by atoms with van der Waals surface area (Å²) in [6.45, 7) is 10.8. The van der Waals surface area contributed by atoms with Crippen molar-refractivity contribution in [2.75, 3.05) is 27.3 Å². The number of hydrogen-bond acceptors (Lipinski definition) is 3. The lowest BCUT2D eigenvalue weighted by molar-refractivity contribution is -0.0681. The molecule has 3 fully saturated rings. The molecule has 3 saturated carbocycles. The fourth-order valence-electron chi connectivity index (χ4n) is 8.31. The first-order valence-corrected chi connectivity index (χ1v) is 12.8. The highest BCUT2D eigenvalue weighted by Gasteiger charge is 2.59. The molecule has 0 N–H and O–H groups in total. The average Bonchev–Trinajstić information content (AvgIpc) is 3.09. The van der Waals surface area contributed by atoms with Gasteiger partial charge in [-0.3, -0.25) is 0 Å². The molecule has 1 amide bonds. The lowest BCUT2D eigenvalue weighted by atomic mass is 9.47. The van der Waals surface area contributed by atoms with Crippen LogP contribution in [0.25, 0.3) is 0 Å². The van der Waals surface area contributed by atoms with Crippen LogP contribution in [-0.2, 0) is 9.47 Å². The van der Waals surface area contributed by atoms with Gasteiger partial charge in [0.05, 0.1) is 6.61 Å². The molecule has 4 rings (SSSR count). The topological polar surface area (TPSA) is 38.8 Å². The third kappa shape index (κ3) is 3.96. The number of fused-ring (bicyclic) bond motifs is 5. The Labute approximate surface area is 190 Å². The Morgan fingerprint density at radius 3 is 2.71 bits per heavy atom. The molecule has 0 aromatic carbocycles. The summed E-state index contributed by atoms with van der Waals surface area (Å²) in [7, 11) is 3.46. The van der Waals surface area contributed by atoms with Crippen molar-refractivity contribution in [3.8, 4) is 0 Å². The molecular weight excluding hydrogens is 386 g/mol. The van der Waals surface area contributed by atoms with Crippen LogP contribution in [0.3, 0.4) is 0 Å². The minimum absolute atomic E-state index is 0.0233. The number of rotatable bonds is 5. The highest BCUT2D eigenvalue weighted by atomic mass is 16.6. The second-order valence-electron chi connectivity index (χ2n) is 11.8. The van der Waals surface area contributed by atoms with Crippen molar-refractivity contribution < 1.29 is 14.3 Å². The molecular formula is C27H45NO3. The number of likely N-dealkylation sites (N-methyl/N-ethyl adjacent to an activating group) is 1. The van der Waals surface area contributed by atoms with E-state index in [0.29, 0.717) is 29.9 Å². The van der Waals surface area contributed by atoms with Gasteiger partial charge in [0.1, 0.15) is 6.10 Å². The van der Waals surface area contributed by atoms with Crippen LogP contribution in [0.1, 0.15) is 79.1 Å². The van der Waals surface area contributed by atoms with Crippen LogP contribution in [0.15, 0.2) is 11.6 Å². The Morgan fingerprint density at radius 2 is 1.97 bits per heavy atom. The smallest absolute Gasteiger partial charge is 0.409 e. The minimum Gasteiger partial charge on any atom is -0.446 e. The highest BCUT2D eigenvalue weighted by Crippen LogP contribution is 2.67. The number of ether oxygens (including phenoxy) is 2. The van der Waals surface area contributed by atoms with Gasteiger partial charge in [-0.2, -0.15) is 0 Å². The molecule has 0 bridgehead atoms. The first-order chi connectivity index (χ1) is 14.7. The van der Waals surface area contributed by atoms with Crippen molar-refractivity contribution in [1.29, 1.82) is 0 Å². The number of carbonyl (C=O) groups excluding carboxylic acids is 1. The van der Waals surface area contributed by atoms with Gasteiger partial charge in [-0.1, -0.05) is 32.4 Å². The Bertz CT molecular complexity index is 705. The van der Waals surface area contributed by atoms with Gasteiger partial charge in [0.25, 0.3) is 0 Å². The first-order valence-electron chi connectivity index (χ1n) is 12.8. The van der Waals surface area contributed by atoms with Crippen LogP contribution in [0.2, 0.25) is 0 Å². The minimum atomic E-state index is -0.209. The van der Waals surface area contributed by atoms with E-state index in [1.54, 1.807) is 24.6 Å². The molecule has 0 spiro atoms. The largest absolute Gasteiger partial charge is 0.446 e. The Hall–Kier alpha value is -1.03. The third-order valence-electron chi connectivity index (χ3n) is 10.2. The number of amides is 1. The van der Waals surface area contributed by atoms with Gasteiger partial charge >= 0.3 is 6.09 Å². The van der Waals surface area contributed by atoms with Crippen LogP contribution < -0.4 is 0 Å². The summed E-state index contributed by atoms with van der Waals surface area (Å²) in [5.41, 5.74) is 2.53. The van der Waals surface area contributed by atoms with Crippen molar-refractivity contribution >= 4 is 6.09 Å². The molecule has 31 heavy (non-hydrogen) atoms. The molecule has 4 nitrogen and oxygen atoms in total. The van der Waals surface area contributed by atoms with Crippen LogP contribution in [0, 0.1) is 40.4 Å².